The van der Waals surface area contributed by atoms with Crippen LogP contribution in [0.3, 0.4) is 0 Å². The maximum absolute atomic E-state index is 15.8. The second-order valence-corrected chi connectivity index (χ2v) is 12.8. The highest BCUT2D eigenvalue weighted by atomic mass is 32.2. The average molecular weight is 591 g/mol. The number of benzene rings is 2. The molecule has 1 atom stereocenters. The number of nitrogens with zero attached hydrogens (tertiary/aromatic N) is 1. The van der Waals surface area contributed by atoms with Gasteiger partial charge in [-0.15, -0.1) is 0 Å². The number of rotatable bonds is 14. The largest absolute Gasteiger partial charge is 0.493 e. The minimum atomic E-state index is -3.78. The van der Waals surface area contributed by atoms with Crippen LogP contribution in [0.2, 0.25) is 0 Å². The first-order chi connectivity index (χ1) is 19.4. The van der Waals surface area contributed by atoms with E-state index < -0.39 is 50.4 Å². The molecule has 0 radical (unpaired) electrons. The summed E-state index contributed by atoms with van der Waals surface area (Å²) in [6.07, 6.45) is 2.72. The highest BCUT2D eigenvalue weighted by molar-refractivity contribution is 7.92. The van der Waals surface area contributed by atoms with Gasteiger partial charge in [-0.3, -0.25) is 19.3 Å². The minimum Gasteiger partial charge on any atom is -0.493 e. The predicted octanol–water partition coefficient (Wildman–Crippen LogP) is 5.47. The molecule has 1 N–H and O–H groups in total. The van der Waals surface area contributed by atoms with Crippen molar-refractivity contribution in [2.45, 2.75) is 78.0 Å². The Balaban J connectivity index is 2.22. The normalized spacial score (nSPS) is 13.9. The summed E-state index contributed by atoms with van der Waals surface area (Å²) >= 11 is 0. The summed E-state index contributed by atoms with van der Waals surface area (Å²) in [6, 6.07) is 4.80. The third-order valence-corrected chi connectivity index (χ3v) is 9.37. The number of nitrogens with one attached hydrogen (secondary N) is 1. The number of aryl methyl sites for hydroxylation is 1. The molecule has 0 saturated carbocycles. The number of anilines is 1. The Morgan fingerprint density at radius 1 is 1.05 bits per heavy atom. The number of halogens is 1. The van der Waals surface area contributed by atoms with E-state index in [4.69, 9.17) is 9.47 Å². The molecule has 3 rings (SSSR count). The van der Waals surface area contributed by atoms with Gasteiger partial charge in [0.2, 0.25) is 5.91 Å². The molecule has 41 heavy (non-hydrogen) atoms. The van der Waals surface area contributed by atoms with Crippen LogP contribution in [-0.2, 0) is 21.1 Å². The zero-order chi connectivity index (χ0) is 30.5. The summed E-state index contributed by atoms with van der Waals surface area (Å²) in [4.78, 5) is 41.1. The second kappa shape index (κ2) is 13.5. The number of methoxy groups -OCH3 is 1. The lowest BCUT2D eigenvalue weighted by atomic mass is 9.98. The quantitative estimate of drug-likeness (QED) is 0.229. The van der Waals surface area contributed by atoms with Crippen molar-refractivity contribution in [3.63, 3.8) is 0 Å². The lowest BCUT2D eigenvalue weighted by molar-refractivity contribution is -0.115. The molecule has 0 aliphatic carbocycles. The summed E-state index contributed by atoms with van der Waals surface area (Å²) in [5.74, 6) is -2.77. The third kappa shape index (κ3) is 6.72. The number of imide groups is 1. The van der Waals surface area contributed by atoms with Crippen LogP contribution in [0, 0.1) is 5.82 Å². The standard InChI is InChI=1S/C30H39FN2O7S/c1-7-10-11-12-20-15-21-26(28(27(20)31)32-25(34)8-2)30(36)33(29(21)35)22(17-41(37,38)18(4)5)19-13-14-23(39-6)24(16-19)40-9-3/h13-16,18,22H,7-12,17H2,1-6H3,(H,32,34)/t22-/m1/s1. The van der Waals surface area contributed by atoms with Gasteiger partial charge in [0.05, 0.1) is 47.6 Å². The summed E-state index contributed by atoms with van der Waals surface area (Å²) in [5, 5.41) is 1.69. The third-order valence-electron chi connectivity index (χ3n) is 7.15. The number of carbonyl (C=O) groups is 3. The molecule has 224 valence electrons. The number of sulfone groups is 1. The Bertz CT molecular complexity index is 1420. The first-order valence-electron chi connectivity index (χ1n) is 14.0. The summed E-state index contributed by atoms with van der Waals surface area (Å²) in [5.41, 5.74) is -0.160. The monoisotopic (exact) mass is 590 g/mol. The van der Waals surface area contributed by atoms with Crippen molar-refractivity contribution in [1.29, 1.82) is 0 Å². The van der Waals surface area contributed by atoms with Gasteiger partial charge in [0.15, 0.2) is 27.2 Å². The fraction of sp³-hybridized carbons (Fsp3) is 0.500. The number of hydrogen-bond donors (Lipinski definition) is 1. The SMILES string of the molecule is CCCCCc1cc2c(c(NC(=O)CC)c1F)C(=O)N([C@H](CS(=O)(=O)C(C)C)c1ccc(OC)c(OCC)c1)C2=O. The molecule has 9 nitrogen and oxygen atoms in total. The van der Waals surface area contributed by atoms with Crippen molar-refractivity contribution in [2.24, 2.45) is 0 Å². The van der Waals surface area contributed by atoms with E-state index in [1.165, 1.54) is 27.0 Å². The van der Waals surface area contributed by atoms with Gasteiger partial charge in [-0.25, -0.2) is 12.8 Å². The molecule has 0 saturated heterocycles. The summed E-state index contributed by atoms with van der Waals surface area (Å²) < 4.78 is 53.1. The fourth-order valence-corrected chi connectivity index (χ4v) is 5.89. The Morgan fingerprint density at radius 2 is 1.76 bits per heavy atom. The van der Waals surface area contributed by atoms with Crippen molar-refractivity contribution >= 4 is 33.2 Å². The number of amides is 3. The molecule has 1 aliphatic heterocycles. The van der Waals surface area contributed by atoms with E-state index in [0.717, 1.165) is 17.7 Å². The van der Waals surface area contributed by atoms with E-state index in [1.807, 2.05) is 6.92 Å². The van der Waals surface area contributed by atoms with Crippen molar-refractivity contribution in [2.75, 3.05) is 24.8 Å². The van der Waals surface area contributed by atoms with Gasteiger partial charge < -0.3 is 14.8 Å². The zero-order valence-electron chi connectivity index (χ0n) is 24.5. The molecule has 1 heterocycles. The second-order valence-electron chi connectivity index (χ2n) is 10.2. The van der Waals surface area contributed by atoms with Crippen LogP contribution in [0.4, 0.5) is 10.1 Å². The molecule has 0 unspecified atom stereocenters. The van der Waals surface area contributed by atoms with E-state index in [0.29, 0.717) is 36.5 Å². The zero-order valence-corrected chi connectivity index (χ0v) is 25.3. The Labute approximate surface area is 241 Å². The fourth-order valence-electron chi connectivity index (χ4n) is 4.72. The topological polar surface area (TPSA) is 119 Å². The first kappa shape index (κ1) is 32.0. The van der Waals surface area contributed by atoms with E-state index in [9.17, 15) is 22.8 Å². The van der Waals surface area contributed by atoms with E-state index >= 15 is 4.39 Å². The van der Waals surface area contributed by atoms with Crippen LogP contribution >= 0.6 is 0 Å². The van der Waals surface area contributed by atoms with Gasteiger partial charge in [-0.1, -0.05) is 32.8 Å². The number of carbonyl (C=O) groups excluding carboxylic acids is 3. The Kier molecular flexibility index (Phi) is 10.5. The summed E-state index contributed by atoms with van der Waals surface area (Å²) in [6.45, 7) is 8.70. The average Bonchev–Trinajstić information content (AvgIpc) is 3.18. The van der Waals surface area contributed by atoms with Gasteiger partial charge in [-0.2, -0.15) is 0 Å². The molecule has 1 aliphatic rings. The molecule has 11 heteroatoms. The summed E-state index contributed by atoms with van der Waals surface area (Å²) in [7, 11) is -2.32. The minimum absolute atomic E-state index is 0.0292. The van der Waals surface area contributed by atoms with Crippen molar-refractivity contribution < 1.29 is 36.7 Å². The molecule has 2 aromatic rings. The van der Waals surface area contributed by atoms with Crippen LogP contribution in [0.25, 0.3) is 0 Å². The van der Waals surface area contributed by atoms with Gasteiger partial charge in [0.1, 0.15) is 0 Å². The predicted molar refractivity (Wildman–Crippen MR) is 155 cm³/mol. The molecule has 2 aromatic carbocycles. The number of fused-ring (bicyclic) bond motifs is 1. The van der Waals surface area contributed by atoms with Crippen molar-refractivity contribution in [1.82, 2.24) is 4.90 Å². The Morgan fingerprint density at radius 3 is 2.34 bits per heavy atom. The van der Waals surface area contributed by atoms with Gasteiger partial charge in [0.25, 0.3) is 11.8 Å². The molecule has 3 amide bonds. The molecular formula is C30H39FN2O7S. The van der Waals surface area contributed by atoms with Crippen LogP contribution < -0.4 is 14.8 Å². The maximum atomic E-state index is 15.8. The van der Waals surface area contributed by atoms with Gasteiger partial charge in [-0.05, 0) is 62.9 Å². The Hall–Kier alpha value is -3.47. The van der Waals surface area contributed by atoms with Gasteiger partial charge in [0, 0.05) is 6.42 Å². The highest BCUT2D eigenvalue weighted by Crippen LogP contribution is 2.41. The molecule has 0 aromatic heterocycles. The van der Waals surface area contributed by atoms with Crippen molar-refractivity contribution in [3.05, 3.63) is 52.3 Å². The highest BCUT2D eigenvalue weighted by Gasteiger charge is 2.45. The molecule has 0 fully saturated rings. The van der Waals surface area contributed by atoms with Crippen LogP contribution in [0.1, 0.15) is 98.2 Å². The number of unbranched alkanes of at least 4 members (excludes halogenated alkanes) is 2. The van der Waals surface area contributed by atoms with Crippen molar-refractivity contribution in [3.8, 4) is 11.5 Å². The maximum Gasteiger partial charge on any atom is 0.264 e. The number of ether oxygens (including phenoxy) is 2. The number of hydrogen-bond acceptors (Lipinski definition) is 7. The molecular weight excluding hydrogens is 551 g/mol. The van der Waals surface area contributed by atoms with Crippen LogP contribution in [0.5, 0.6) is 11.5 Å². The van der Waals surface area contributed by atoms with E-state index in [1.54, 1.807) is 32.0 Å². The van der Waals surface area contributed by atoms with E-state index in [-0.39, 0.29) is 28.8 Å². The molecule has 0 bridgehead atoms. The lowest BCUT2D eigenvalue weighted by Crippen LogP contribution is -2.39. The molecule has 0 spiro atoms. The smallest absolute Gasteiger partial charge is 0.264 e. The van der Waals surface area contributed by atoms with E-state index in [2.05, 4.69) is 5.32 Å². The lowest BCUT2D eigenvalue weighted by Gasteiger charge is -2.28. The van der Waals surface area contributed by atoms with Crippen LogP contribution in [-0.4, -0.2) is 55.8 Å². The van der Waals surface area contributed by atoms with Gasteiger partial charge >= 0.3 is 0 Å². The van der Waals surface area contributed by atoms with Crippen LogP contribution in [0.15, 0.2) is 24.3 Å². The first-order valence-corrected chi connectivity index (χ1v) is 15.7.